The number of nitrogens with one attached hydrogen (secondary N) is 3. The molecule has 0 saturated heterocycles. The van der Waals surface area contributed by atoms with Crippen LogP contribution in [-0.2, 0) is 4.79 Å². The minimum absolute atomic E-state index is 0.0166. The van der Waals surface area contributed by atoms with Gasteiger partial charge < -0.3 is 20.5 Å². The predicted octanol–water partition coefficient (Wildman–Crippen LogP) is 2.98. The van der Waals surface area contributed by atoms with Crippen LogP contribution in [0.3, 0.4) is 0 Å². The molecule has 4 N–H and O–H groups in total. The first kappa shape index (κ1) is 26.1. The van der Waals surface area contributed by atoms with Crippen LogP contribution in [0.2, 0.25) is 0 Å². The highest BCUT2D eigenvalue weighted by molar-refractivity contribution is 6.05. The number of aryl methyl sites for hydroxylation is 1. The van der Waals surface area contributed by atoms with E-state index in [1.807, 2.05) is 45.0 Å². The monoisotopic (exact) mass is 483 g/mol. The van der Waals surface area contributed by atoms with E-state index in [1.165, 1.54) is 12.1 Å². The Kier molecular flexibility index (Phi) is 8.42. The maximum Gasteiger partial charge on any atom is 0.273 e. The highest BCUT2D eigenvalue weighted by Gasteiger charge is 2.22. The fraction of sp³-hybridized carbons (Fsp3) is 0.440. The van der Waals surface area contributed by atoms with Gasteiger partial charge in [0.15, 0.2) is 0 Å². The lowest BCUT2D eigenvalue weighted by atomic mass is 9.94. The van der Waals surface area contributed by atoms with Crippen molar-refractivity contribution >= 4 is 23.0 Å². The van der Waals surface area contributed by atoms with E-state index < -0.39 is 11.0 Å². The molecule has 188 valence electrons. The predicted molar refractivity (Wildman–Crippen MR) is 135 cm³/mol. The van der Waals surface area contributed by atoms with Gasteiger partial charge in [-0.05, 0) is 50.1 Å². The lowest BCUT2D eigenvalue weighted by Gasteiger charge is -2.28. The Morgan fingerprint density at radius 2 is 2.00 bits per heavy atom. The van der Waals surface area contributed by atoms with Crippen LogP contribution in [0.4, 0.5) is 11.4 Å². The lowest BCUT2D eigenvalue weighted by molar-refractivity contribution is -0.385. The summed E-state index contributed by atoms with van der Waals surface area (Å²) in [6.45, 7) is 8.75. The van der Waals surface area contributed by atoms with E-state index in [0.29, 0.717) is 25.3 Å². The Morgan fingerprint density at radius 3 is 2.66 bits per heavy atom. The molecule has 10 nitrogen and oxygen atoms in total. The fourth-order valence-corrected chi connectivity index (χ4v) is 3.64. The largest absolute Gasteiger partial charge is 0.490 e. The molecule has 2 atom stereocenters. The average molecular weight is 484 g/mol. The highest BCUT2D eigenvalue weighted by atomic mass is 16.6. The number of carbonyl (C=O) groups is 1. The van der Waals surface area contributed by atoms with E-state index in [0.717, 1.165) is 22.5 Å². The van der Waals surface area contributed by atoms with Crippen molar-refractivity contribution in [2.24, 2.45) is 11.0 Å². The summed E-state index contributed by atoms with van der Waals surface area (Å²) in [6.07, 6.45) is -0.355. The number of aliphatic hydroxyl groups excluding tert-OH is 1. The Labute approximate surface area is 204 Å². The first-order valence-corrected chi connectivity index (χ1v) is 11.6. The van der Waals surface area contributed by atoms with Crippen molar-refractivity contribution in [3.63, 3.8) is 0 Å². The molecule has 0 aromatic heterocycles. The van der Waals surface area contributed by atoms with E-state index >= 15 is 0 Å². The second-order valence-corrected chi connectivity index (χ2v) is 9.50. The molecule has 1 aliphatic heterocycles. The van der Waals surface area contributed by atoms with Crippen LogP contribution in [0.5, 0.6) is 5.75 Å². The molecule has 1 aliphatic rings. The number of aliphatic hydroxyl groups is 1. The quantitative estimate of drug-likeness (QED) is 0.285. The molecule has 0 aliphatic carbocycles. The zero-order valence-electron chi connectivity index (χ0n) is 20.5. The van der Waals surface area contributed by atoms with Crippen molar-refractivity contribution in [3.8, 4) is 5.75 Å². The van der Waals surface area contributed by atoms with Crippen molar-refractivity contribution < 1.29 is 19.6 Å². The third kappa shape index (κ3) is 7.49. The summed E-state index contributed by atoms with van der Waals surface area (Å²) >= 11 is 0. The summed E-state index contributed by atoms with van der Waals surface area (Å²) in [5.41, 5.74) is 5.72. The molecule has 2 aromatic carbocycles. The number of nitro benzene ring substituents is 1. The van der Waals surface area contributed by atoms with E-state index in [1.54, 1.807) is 13.0 Å². The molecule has 0 fully saturated rings. The summed E-state index contributed by atoms with van der Waals surface area (Å²) in [5.74, 6) is 0.394. The maximum atomic E-state index is 11.4. The number of non-ortho nitro benzene ring substituents is 1. The van der Waals surface area contributed by atoms with Gasteiger partial charge in [-0.2, -0.15) is 5.10 Å². The third-order valence-corrected chi connectivity index (χ3v) is 5.80. The molecule has 0 bridgehead atoms. The number of benzene rings is 2. The first-order chi connectivity index (χ1) is 16.5. The van der Waals surface area contributed by atoms with Gasteiger partial charge in [-0.25, -0.2) is 5.43 Å². The minimum Gasteiger partial charge on any atom is -0.490 e. The van der Waals surface area contributed by atoms with Crippen molar-refractivity contribution in [2.75, 3.05) is 25.0 Å². The maximum absolute atomic E-state index is 11.4. The van der Waals surface area contributed by atoms with Crippen LogP contribution >= 0.6 is 0 Å². The number of hydrogen-bond acceptors (Lipinski definition) is 8. The van der Waals surface area contributed by atoms with Gasteiger partial charge in [0.1, 0.15) is 18.5 Å². The molecule has 35 heavy (non-hydrogen) atoms. The molecular weight excluding hydrogens is 450 g/mol. The van der Waals surface area contributed by atoms with E-state index in [4.69, 9.17) is 4.74 Å². The zero-order valence-corrected chi connectivity index (χ0v) is 20.5. The Bertz CT molecular complexity index is 1080. The summed E-state index contributed by atoms with van der Waals surface area (Å²) in [4.78, 5) is 21.9. The number of carbonyl (C=O) groups excluding carboxylic acids is 1. The molecule has 0 spiro atoms. The van der Waals surface area contributed by atoms with Gasteiger partial charge in [0, 0.05) is 42.7 Å². The number of nitrogens with zero attached hydrogens (tertiary/aromatic N) is 2. The molecule has 2 aromatic rings. The molecule has 0 radical (unpaired) electrons. The normalized spacial score (nSPS) is 16.8. The van der Waals surface area contributed by atoms with Crippen LogP contribution < -0.4 is 20.8 Å². The van der Waals surface area contributed by atoms with Crippen molar-refractivity contribution in [1.82, 2.24) is 10.7 Å². The standard InChI is InChI=1S/C25H33N5O5/c1-16-5-10-20(30(33)34)12-22(16)35-14-21(31)13-27-25(3,4)15-26-19-8-6-18(7-9-19)24-17(2)11-23(32)28-29-24/h5-10,12,17,21,26-27,31H,11,13-15H2,1-4H3,(H,28,32). The van der Waals surface area contributed by atoms with Gasteiger partial charge in [0.25, 0.3) is 5.69 Å². The molecule has 2 unspecified atom stereocenters. The van der Waals surface area contributed by atoms with Gasteiger partial charge in [-0.15, -0.1) is 0 Å². The summed E-state index contributed by atoms with van der Waals surface area (Å²) < 4.78 is 5.62. The number of hydrazone groups is 1. The summed E-state index contributed by atoms with van der Waals surface area (Å²) in [6, 6.07) is 12.3. The van der Waals surface area contributed by atoms with Gasteiger partial charge in [0.05, 0.1) is 16.7 Å². The first-order valence-electron chi connectivity index (χ1n) is 11.6. The lowest BCUT2D eigenvalue weighted by Crippen LogP contribution is -2.49. The number of nitro groups is 1. The van der Waals surface area contributed by atoms with Crippen LogP contribution in [0, 0.1) is 23.0 Å². The van der Waals surface area contributed by atoms with E-state index in [-0.39, 0.29) is 29.7 Å². The molecular formula is C25H33N5O5. The van der Waals surface area contributed by atoms with Crippen LogP contribution in [0.25, 0.3) is 0 Å². The number of hydrogen-bond donors (Lipinski definition) is 4. The topological polar surface area (TPSA) is 138 Å². The molecule has 1 heterocycles. The second-order valence-electron chi connectivity index (χ2n) is 9.50. The highest BCUT2D eigenvalue weighted by Crippen LogP contribution is 2.24. The van der Waals surface area contributed by atoms with Gasteiger partial charge in [-0.1, -0.05) is 19.1 Å². The summed E-state index contributed by atoms with van der Waals surface area (Å²) in [7, 11) is 0. The van der Waals surface area contributed by atoms with Gasteiger partial charge in [0.2, 0.25) is 5.91 Å². The van der Waals surface area contributed by atoms with Gasteiger partial charge in [-0.3, -0.25) is 14.9 Å². The molecule has 3 rings (SSSR count). The Balaban J connectivity index is 1.45. The smallest absolute Gasteiger partial charge is 0.273 e. The van der Waals surface area contributed by atoms with Crippen LogP contribution in [0.1, 0.15) is 38.3 Å². The average Bonchev–Trinajstić information content (AvgIpc) is 2.81. The Hall–Kier alpha value is -3.50. The van der Waals surface area contributed by atoms with Crippen molar-refractivity contribution in [3.05, 3.63) is 63.7 Å². The van der Waals surface area contributed by atoms with Crippen molar-refractivity contribution in [2.45, 2.75) is 45.8 Å². The minimum atomic E-state index is -0.786. The molecule has 1 amide bonds. The number of ether oxygens (including phenoxy) is 1. The van der Waals surface area contributed by atoms with E-state index in [2.05, 4.69) is 21.2 Å². The molecule has 0 saturated carbocycles. The van der Waals surface area contributed by atoms with Gasteiger partial charge >= 0.3 is 0 Å². The second kappa shape index (κ2) is 11.3. The van der Waals surface area contributed by atoms with Crippen LogP contribution in [-0.4, -0.2) is 53.0 Å². The van der Waals surface area contributed by atoms with Crippen molar-refractivity contribution in [1.29, 1.82) is 0 Å². The Morgan fingerprint density at radius 1 is 1.29 bits per heavy atom. The number of β-amino-alcohol motifs (C(OH)–C–C–N with tert-alkyl or cyclic N) is 1. The third-order valence-electron chi connectivity index (χ3n) is 5.80. The fourth-order valence-electron chi connectivity index (χ4n) is 3.64. The summed E-state index contributed by atoms with van der Waals surface area (Å²) in [5, 5.41) is 32.2. The van der Waals surface area contributed by atoms with E-state index in [9.17, 15) is 20.0 Å². The van der Waals surface area contributed by atoms with Crippen LogP contribution in [0.15, 0.2) is 47.6 Å². The number of anilines is 1. The zero-order chi connectivity index (χ0) is 25.6. The molecule has 10 heteroatoms. The number of rotatable bonds is 11. The SMILES string of the molecule is Cc1ccc([N+](=O)[O-])cc1OCC(O)CNC(C)(C)CNc1ccc(C2=NNC(=O)CC2C)cc1. The number of amides is 1.